The molecule has 0 saturated carbocycles. The summed E-state index contributed by atoms with van der Waals surface area (Å²) >= 11 is 0. The fraction of sp³-hybridized carbons (Fsp3) is 1.00. The van der Waals surface area contributed by atoms with Crippen molar-refractivity contribution in [1.29, 1.82) is 0 Å². The summed E-state index contributed by atoms with van der Waals surface area (Å²) in [4.78, 5) is 0. The molecule has 0 aromatic carbocycles. The van der Waals surface area contributed by atoms with E-state index in [0.717, 1.165) is 0 Å². The smallest absolute Gasteiger partial charge is 0.192 e. The number of hydrogen-bond acceptors (Lipinski definition) is 10. The van der Waals surface area contributed by atoms with E-state index in [1.807, 2.05) is 0 Å². The molecule has 2 aliphatic rings. The molecule has 2 heterocycles. The first-order valence-electron chi connectivity index (χ1n) is 6.88. The lowest BCUT2D eigenvalue weighted by molar-refractivity contribution is -0.318. The van der Waals surface area contributed by atoms with Gasteiger partial charge < -0.3 is 50.0 Å². The number of ether oxygens (including phenoxy) is 3. The van der Waals surface area contributed by atoms with Crippen molar-refractivity contribution < 1.29 is 50.0 Å². The van der Waals surface area contributed by atoms with Crippen LogP contribution >= 0.6 is 0 Å². The van der Waals surface area contributed by atoms with Gasteiger partial charge in [0.25, 0.3) is 0 Å². The minimum absolute atomic E-state index is 0.574. The summed E-state index contributed by atoms with van der Waals surface area (Å²) in [7, 11) is 0. The van der Waals surface area contributed by atoms with E-state index >= 15 is 0 Å². The van der Waals surface area contributed by atoms with Crippen LogP contribution in [-0.4, -0.2) is 104 Å². The lowest BCUT2D eigenvalue weighted by atomic mass is 9.99. The van der Waals surface area contributed by atoms with E-state index in [1.54, 1.807) is 0 Å². The maximum Gasteiger partial charge on any atom is 0.192 e. The Balaban J connectivity index is 2.11. The first kappa shape index (κ1) is 17.9. The third-order valence-corrected chi connectivity index (χ3v) is 3.94. The molecule has 0 bridgehead atoms. The van der Waals surface area contributed by atoms with E-state index in [1.165, 1.54) is 6.92 Å². The molecule has 0 spiro atoms. The molecule has 22 heavy (non-hydrogen) atoms. The zero-order chi connectivity index (χ0) is 16.7. The Kier molecular flexibility index (Phi) is 5.39. The van der Waals surface area contributed by atoms with Crippen LogP contribution in [0.5, 0.6) is 0 Å². The fourth-order valence-electron chi connectivity index (χ4n) is 2.59. The predicted octanol–water partition coefficient (Wildman–Crippen LogP) is -4.37. The molecular weight excluding hydrogens is 304 g/mol. The Morgan fingerprint density at radius 1 is 0.955 bits per heavy atom. The quantitative estimate of drug-likeness (QED) is 0.268. The second-order valence-electron chi connectivity index (χ2n) is 5.64. The lowest BCUT2D eigenvalue weighted by Gasteiger charge is -2.41. The minimum Gasteiger partial charge on any atom is -0.394 e. The van der Waals surface area contributed by atoms with Crippen molar-refractivity contribution >= 4 is 0 Å². The highest BCUT2D eigenvalue weighted by Gasteiger charge is 2.54. The summed E-state index contributed by atoms with van der Waals surface area (Å²) < 4.78 is 15.5. The summed E-state index contributed by atoms with van der Waals surface area (Å²) in [6.07, 6.45) is -11.4. The molecule has 2 aliphatic heterocycles. The number of rotatable bonds is 4. The maximum absolute atomic E-state index is 9.97. The minimum atomic E-state index is -1.97. The Labute approximate surface area is 126 Å². The van der Waals surface area contributed by atoms with Crippen molar-refractivity contribution in [3.8, 4) is 0 Å². The van der Waals surface area contributed by atoms with Gasteiger partial charge in [-0.25, -0.2) is 0 Å². The van der Waals surface area contributed by atoms with E-state index < -0.39 is 68.0 Å². The van der Waals surface area contributed by atoms with E-state index in [-0.39, 0.29) is 0 Å². The molecule has 0 amide bonds. The average Bonchev–Trinajstić information content (AvgIpc) is 2.70. The van der Waals surface area contributed by atoms with Crippen molar-refractivity contribution in [2.75, 3.05) is 13.2 Å². The van der Waals surface area contributed by atoms with Gasteiger partial charge in [-0.15, -0.1) is 0 Å². The molecule has 7 N–H and O–H groups in total. The van der Waals surface area contributed by atoms with Gasteiger partial charge in [-0.2, -0.15) is 0 Å². The highest BCUT2D eigenvalue weighted by Crippen LogP contribution is 2.33. The molecular formula is C12H22O10. The first-order valence-corrected chi connectivity index (χ1v) is 6.88. The SMILES string of the molecule is C[C@]1(O)OC(CO)C(OC2OC(CO)C(O)C(O)C2O)C1O. The molecule has 0 aliphatic carbocycles. The van der Waals surface area contributed by atoms with Crippen molar-refractivity contribution in [2.45, 2.75) is 61.7 Å². The van der Waals surface area contributed by atoms with Crippen LogP contribution in [-0.2, 0) is 14.2 Å². The molecule has 10 heteroatoms. The van der Waals surface area contributed by atoms with E-state index in [0.29, 0.717) is 0 Å². The molecule has 9 atom stereocenters. The third kappa shape index (κ3) is 3.12. The molecule has 0 radical (unpaired) electrons. The summed E-state index contributed by atoms with van der Waals surface area (Å²) in [5.74, 6) is -1.97. The zero-order valence-corrected chi connectivity index (χ0v) is 11.9. The summed E-state index contributed by atoms with van der Waals surface area (Å²) in [6.45, 7) is -0.0259. The van der Waals surface area contributed by atoms with Crippen molar-refractivity contribution in [1.82, 2.24) is 0 Å². The van der Waals surface area contributed by atoms with Gasteiger partial charge in [-0.05, 0) is 6.92 Å². The zero-order valence-electron chi connectivity index (χ0n) is 11.9. The van der Waals surface area contributed by atoms with Crippen LogP contribution in [0, 0.1) is 0 Å². The number of aliphatic hydroxyl groups is 7. The van der Waals surface area contributed by atoms with Crippen LogP contribution in [0.15, 0.2) is 0 Å². The van der Waals surface area contributed by atoms with Crippen molar-refractivity contribution in [3.05, 3.63) is 0 Å². The first-order chi connectivity index (χ1) is 10.2. The van der Waals surface area contributed by atoms with Gasteiger partial charge in [0.15, 0.2) is 12.1 Å². The van der Waals surface area contributed by atoms with Gasteiger partial charge in [0.05, 0.1) is 13.2 Å². The summed E-state index contributed by atoms with van der Waals surface area (Å²) in [6, 6.07) is 0. The normalized spacial score (nSPS) is 52.9. The average molecular weight is 326 g/mol. The standard InChI is InChI=1S/C12H22O10/c1-12(19)10(18)9(5(3-14)22-12)21-11-8(17)7(16)6(15)4(2-13)20-11/h4-11,13-19H,2-3H2,1H3/t4?,5?,6?,7?,8?,9?,10?,11?,12-/m0/s1. The monoisotopic (exact) mass is 326 g/mol. The maximum atomic E-state index is 9.97. The van der Waals surface area contributed by atoms with Crippen LogP contribution in [0.25, 0.3) is 0 Å². The molecule has 0 aromatic heterocycles. The van der Waals surface area contributed by atoms with Gasteiger partial charge >= 0.3 is 0 Å². The molecule has 2 fully saturated rings. The van der Waals surface area contributed by atoms with Gasteiger partial charge in [-0.1, -0.05) is 0 Å². The van der Waals surface area contributed by atoms with Gasteiger partial charge in [0.1, 0.15) is 42.7 Å². The number of aliphatic hydroxyl groups excluding tert-OH is 6. The molecule has 10 nitrogen and oxygen atoms in total. The summed E-state index contributed by atoms with van der Waals surface area (Å²) in [5, 5.41) is 67.3. The number of hydrogen-bond donors (Lipinski definition) is 7. The molecule has 2 saturated heterocycles. The second kappa shape index (κ2) is 6.61. The van der Waals surface area contributed by atoms with Crippen LogP contribution in [0.1, 0.15) is 6.92 Å². The van der Waals surface area contributed by atoms with E-state index in [4.69, 9.17) is 19.3 Å². The fourth-order valence-corrected chi connectivity index (χ4v) is 2.59. The predicted molar refractivity (Wildman–Crippen MR) is 67.2 cm³/mol. The van der Waals surface area contributed by atoms with Crippen molar-refractivity contribution in [2.24, 2.45) is 0 Å². The van der Waals surface area contributed by atoms with Gasteiger partial charge in [-0.3, -0.25) is 0 Å². The van der Waals surface area contributed by atoms with Crippen LogP contribution < -0.4 is 0 Å². The van der Waals surface area contributed by atoms with E-state index in [9.17, 15) is 30.6 Å². The van der Waals surface area contributed by atoms with E-state index in [2.05, 4.69) is 0 Å². The lowest BCUT2D eigenvalue weighted by Crippen LogP contribution is -2.60. The molecule has 130 valence electrons. The van der Waals surface area contributed by atoms with Crippen LogP contribution in [0.2, 0.25) is 0 Å². The highest BCUT2D eigenvalue weighted by atomic mass is 16.7. The molecule has 0 aromatic rings. The second-order valence-corrected chi connectivity index (χ2v) is 5.64. The highest BCUT2D eigenvalue weighted by molar-refractivity contribution is 4.96. The summed E-state index contributed by atoms with van der Waals surface area (Å²) in [5.41, 5.74) is 0. The largest absolute Gasteiger partial charge is 0.394 e. The van der Waals surface area contributed by atoms with Crippen LogP contribution in [0.3, 0.4) is 0 Å². The Hall–Kier alpha value is -0.400. The van der Waals surface area contributed by atoms with Crippen molar-refractivity contribution in [3.63, 3.8) is 0 Å². The Bertz CT molecular complexity index is 375. The van der Waals surface area contributed by atoms with Crippen LogP contribution in [0.4, 0.5) is 0 Å². The van der Waals surface area contributed by atoms with Gasteiger partial charge in [0, 0.05) is 0 Å². The van der Waals surface area contributed by atoms with Gasteiger partial charge in [0.2, 0.25) is 0 Å². The third-order valence-electron chi connectivity index (χ3n) is 3.94. The topological polar surface area (TPSA) is 169 Å². The molecule has 8 unspecified atom stereocenters. The Morgan fingerprint density at radius 3 is 2.09 bits per heavy atom. The molecule has 2 rings (SSSR count). The Morgan fingerprint density at radius 2 is 1.55 bits per heavy atom.